The number of rotatable bonds is 13. The molecule has 3 N–H and O–H groups in total. The Morgan fingerprint density at radius 3 is 1.48 bits per heavy atom. The van der Waals surface area contributed by atoms with Crippen molar-refractivity contribution in [3.8, 4) is 0 Å². The van der Waals surface area contributed by atoms with Crippen LogP contribution in [-0.4, -0.2) is 24.8 Å². The summed E-state index contributed by atoms with van der Waals surface area (Å²) < 4.78 is 34.0. The summed E-state index contributed by atoms with van der Waals surface area (Å²) in [6.45, 7) is 4.65. The molecule has 0 aromatic heterocycles. The van der Waals surface area contributed by atoms with Crippen molar-refractivity contribution in [1.82, 2.24) is 0 Å². The van der Waals surface area contributed by atoms with Crippen LogP contribution in [0.5, 0.6) is 0 Å². The summed E-state index contributed by atoms with van der Waals surface area (Å²) in [5.41, 5.74) is 0. The van der Waals surface area contributed by atoms with Crippen molar-refractivity contribution in [1.29, 1.82) is 0 Å². The third-order valence-corrected chi connectivity index (χ3v) is 3.10. The lowest BCUT2D eigenvalue weighted by Gasteiger charge is -2.17. The molecule has 0 bridgehead atoms. The van der Waals surface area contributed by atoms with Crippen molar-refractivity contribution in [2.24, 2.45) is 0 Å². The maximum absolute atomic E-state index is 8.60. The van der Waals surface area contributed by atoms with Crippen molar-refractivity contribution in [2.45, 2.75) is 71.1 Å². The summed E-state index contributed by atoms with van der Waals surface area (Å²) in [4.78, 5) is 0. The Bertz CT molecular complexity index is 171. The van der Waals surface area contributed by atoms with Gasteiger partial charge < -0.3 is 10.4 Å². The third kappa shape index (κ3) is 38.4. The fraction of sp³-hybridized carbons (Fsp3) is 1.00. The molecule has 0 unspecified atom stereocenters. The molecule has 6 nitrogen and oxygen atoms in total. The van der Waals surface area contributed by atoms with Gasteiger partial charge in [-0.25, -0.2) is 18.6 Å². The normalized spacial score (nSPS) is 11.1. The monoisotopic (exact) mass is 329 g/mol. The van der Waals surface area contributed by atoms with Crippen LogP contribution in [-0.2, 0) is 0 Å². The molecule has 0 saturated carbocycles. The van der Waals surface area contributed by atoms with Crippen molar-refractivity contribution in [3.63, 3.8) is 0 Å². The lowest BCUT2D eigenvalue weighted by Crippen LogP contribution is -2.85. The highest BCUT2D eigenvalue weighted by molar-refractivity contribution is 4.46. The molecule has 0 spiro atoms. The maximum Gasteiger partial charge on any atom is 0.0990 e. The fourth-order valence-electron chi connectivity index (χ4n) is 2.01. The van der Waals surface area contributed by atoms with Crippen LogP contribution >= 0.6 is 0 Å². The molecule has 0 rings (SSSR count). The van der Waals surface area contributed by atoms with Crippen LogP contribution in [0.1, 0.15) is 71.1 Å². The summed E-state index contributed by atoms with van der Waals surface area (Å²) >= 11 is 0. The average Bonchev–Trinajstić information content (AvgIpc) is 2.38. The van der Waals surface area contributed by atoms with E-state index in [9.17, 15) is 0 Å². The van der Waals surface area contributed by atoms with E-state index in [-0.39, 0.29) is 0 Å². The van der Waals surface area contributed by atoms with Crippen LogP contribution in [0.3, 0.4) is 0 Å². The molecular formula is C14H32ClNO5. The molecule has 0 amide bonds. The second-order valence-electron chi connectivity index (χ2n) is 5.15. The van der Waals surface area contributed by atoms with Crippen LogP contribution in [0.25, 0.3) is 0 Å². The minimum atomic E-state index is -4.94. The Labute approximate surface area is 130 Å². The number of halogens is 1. The Morgan fingerprint density at radius 1 is 0.714 bits per heavy atom. The smallest absolute Gasteiger partial charge is 0.0990 e. The first-order valence-corrected chi connectivity index (χ1v) is 9.19. The molecule has 0 fully saturated rings. The molecule has 0 aromatic carbocycles. The largest absolute Gasteiger partial charge is 0.391 e. The highest BCUT2D eigenvalue weighted by atomic mass is 35.7. The van der Waals surface area contributed by atoms with Crippen LogP contribution < -0.4 is 24.0 Å². The molecule has 0 atom stereocenters. The van der Waals surface area contributed by atoms with Crippen molar-refractivity contribution in [3.05, 3.63) is 0 Å². The molecule has 130 valence electrons. The number of aliphatic hydroxyl groups excluding tert-OH is 1. The fourth-order valence-corrected chi connectivity index (χ4v) is 2.01. The molecule has 0 aromatic rings. The van der Waals surface area contributed by atoms with E-state index in [4.69, 9.17) is 23.7 Å². The predicted molar refractivity (Wildman–Crippen MR) is 70.6 cm³/mol. The molecule has 7 heteroatoms. The van der Waals surface area contributed by atoms with Crippen LogP contribution in [0, 0.1) is 10.2 Å². The van der Waals surface area contributed by atoms with Gasteiger partial charge in [-0.15, -0.1) is 10.2 Å². The third-order valence-electron chi connectivity index (χ3n) is 3.10. The molecule has 21 heavy (non-hydrogen) atoms. The van der Waals surface area contributed by atoms with Gasteiger partial charge in [0.2, 0.25) is 0 Å². The lowest BCUT2D eigenvalue weighted by molar-refractivity contribution is -2.00. The van der Waals surface area contributed by atoms with E-state index >= 15 is 0 Å². The highest BCUT2D eigenvalue weighted by Gasteiger charge is 1.93. The van der Waals surface area contributed by atoms with E-state index in [2.05, 4.69) is 12.2 Å². The first-order chi connectivity index (χ1) is 9.91. The van der Waals surface area contributed by atoms with E-state index in [0.717, 1.165) is 6.54 Å². The van der Waals surface area contributed by atoms with Gasteiger partial charge in [-0.1, -0.05) is 58.3 Å². The van der Waals surface area contributed by atoms with Gasteiger partial charge in [0.25, 0.3) is 0 Å². The first-order valence-electron chi connectivity index (χ1n) is 7.96. The number of quaternary nitrogens is 1. The van der Waals surface area contributed by atoms with E-state index in [1.54, 1.807) is 0 Å². The van der Waals surface area contributed by atoms with Crippen LogP contribution in [0.2, 0.25) is 0 Å². The molecule has 0 heterocycles. The van der Waals surface area contributed by atoms with E-state index < -0.39 is 10.2 Å². The zero-order chi connectivity index (χ0) is 16.4. The van der Waals surface area contributed by atoms with Gasteiger partial charge in [0.05, 0.1) is 19.7 Å². The summed E-state index contributed by atoms with van der Waals surface area (Å²) in [5.74, 6) is 0. The Hall–Kier alpha value is 0.0500. The van der Waals surface area contributed by atoms with Crippen molar-refractivity contribution in [2.75, 3.05) is 19.7 Å². The maximum atomic E-state index is 8.60. The first kappa shape index (κ1) is 23.3. The molecule has 0 aliphatic carbocycles. The van der Waals surface area contributed by atoms with E-state index in [0.29, 0.717) is 6.61 Å². The average molecular weight is 330 g/mol. The number of unbranched alkanes of at least 4 members (excludes halogenated alkanes) is 9. The molecule has 0 radical (unpaired) electrons. The van der Waals surface area contributed by atoms with Gasteiger partial charge in [0, 0.05) is 0 Å². The van der Waals surface area contributed by atoms with Gasteiger partial charge in [-0.2, -0.15) is 0 Å². The van der Waals surface area contributed by atoms with Crippen LogP contribution in [0.4, 0.5) is 0 Å². The Morgan fingerprint density at radius 2 is 1.10 bits per heavy atom. The van der Waals surface area contributed by atoms with Gasteiger partial charge in [-0.05, 0) is 12.8 Å². The van der Waals surface area contributed by atoms with Crippen LogP contribution in [0.15, 0.2) is 0 Å². The second-order valence-corrected chi connectivity index (χ2v) is 5.91. The zero-order valence-electron chi connectivity index (χ0n) is 13.2. The topological polar surface area (TPSA) is 129 Å². The number of nitrogens with two attached hydrogens (primary N) is 1. The molecule has 0 aliphatic rings. The minimum absolute atomic E-state index is 0.317. The quantitative estimate of drug-likeness (QED) is 0.367. The van der Waals surface area contributed by atoms with E-state index in [1.807, 2.05) is 0 Å². The van der Waals surface area contributed by atoms with Crippen molar-refractivity contribution >= 4 is 0 Å². The highest BCUT2D eigenvalue weighted by Crippen LogP contribution is 2.09. The SMILES string of the molecule is CCCCCCCCCCCC[NH2+]CCO.[O-][Cl+3]([O-])([O-])[O-]. The number of aliphatic hydroxyl groups is 1. The standard InChI is InChI=1S/C14H31NO.ClHO4/c1-2-3-4-5-6-7-8-9-10-11-12-15-13-14-16;2-1(3,4)5/h15-16H,2-14H2,1H3;(H,2,3,4,5). The summed E-state index contributed by atoms with van der Waals surface area (Å²) in [5, 5.41) is 10.8. The molecular weight excluding hydrogens is 298 g/mol. The Balaban J connectivity index is 0. The zero-order valence-corrected chi connectivity index (χ0v) is 14.0. The summed E-state index contributed by atoms with van der Waals surface area (Å²) in [7, 11) is -4.94. The predicted octanol–water partition coefficient (Wildman–Crippen LogP) is -2.29. The second kappa shape index (κ2) is 18.1. The van der Waals surface area contributed by atoms with E-state index in [1.165, 1.54) is 70.8 Å². The lowest BCUT2D eigenvalue weighted by atomic mass is 10.1. The van der Waals surface area contributed by atoms with Gasteiger partial charge >= 0.3 is 0 Å². The van der Waals surface area contributed by atoms with Gasteiger partial charge in [0.1, 0.15) is 0 Å². The number of hydrogen-bond donors (Lipinski definition) is 2. The van der Waals surface area contributed by atoms with Gasteiger partial charge in [0.15, 0.2) is 0 Å². The molecule has 0 aliphatic heterocycles. The van der Waals surface area contributed by atoms with Crippen molar-refractivity contribution < 1.29 is 39.3 Å². The minimum Gasteiger partial charge on any atom is -0.391 e. The molecule has 0 saturated heterocycles. The number of hydrogen-bond acceptors (Lipinski definition) is 5. The Kier molecular flexibility index (Phi) is 20.1. The summed E-state index contributed by atoms with van der Waals surface area (Å²) in [6, 6.07) is 0. The summed E-state index contributed by atoms with van der Waals surface area (Å²) in [6.07, 6.45) is 14.0. The van der Waals surface area contributed by atoms with Gasteiger partial charge in [-0.3, -0.25) is 0 Å².